The van der Waals surface area contributed by atoms with Gasteiger partial charge in [0.15, 0.2) is 6.29 Å². The Bertz CT molecular complexity index is 343. The lowest BCUT2D eigenvalue weighted by Crippen LogP contribution is -2.18. The number of halogens is 1. The van der Waals surface area contributed by atoms with Gasteiger partial charge in [0, 0.05) is 13.1 Å². The summed E-state index contributed by atoms with van der Waals surface area (Å²) in [6.45, 7) is 0. The van der Waals surface area contributed by atoms with Crippen LogP contribution in [-0.2, 0) is 7.05 Å². The number of carbonyl (C=O) groups excluding carboxylic acids is 1. The second-order valence-electron chi connectivity index (χ2n) is 2.08. The molecule has 0 amide bonds. The van der Waals surface area contributed by atoms with E-state index in [4.69, 9.17) is 11.6 Å². The van der Waals surface area contributed by atoms with E-state index < -0.39 is 0 Å². The Labute approximate surface area is 68.2 Å². The van der Waals surface area contributed by atoms with Crippen molar-refractivity contribution in [2.75, 3.05) is 0 Å². The van der Waals surface area contributed by atoms with Crippen molar-refractivity contribution in [3.8, 4) is 0 Å². The largest absolute Gasteiger partial charge is 0.308 e. The first-order valence-corrected chi connectivity index (χ1v) is 3.35. The van der Waals surface area contributed by atoms with Crippen molar-refractivity contribution in [2.24, 2.45) is 7.05 Å². The summed E-state index contributed by atoms with van der Waals surface area (Å²) in [7, 11) is 1.50. The molecule has 11 heavy (non-hydrogen) atoms. The maximum absolute atomic E-state index is 10.9. The number of aromatic nitrogens is 1. The van der Waals surface area contributed by atoms with Crippen LogP contribution >= 0.6 is 11.6 Å². The maximum atomic E-state index is 10.9. The van der Waals surface area contributed by atoms with E-state index in [-0.39, 0.29) is 11.3 Å². The number of hydrogen-bond acceptors (Lipinski definition) is 2. The molecule has 0 aromatic carbocycles. The third kappa shape index (κ3) is 1.33. The van der Waals surface area contributed by atoms with Gasteiger partial charge >= 0.3 is 0 Å². The molecule has 0 bridgehead atoms. The smallest absolute Gasteiger partial charge is 0.250 e. The Morgan fingerprint density at radius 1 is 1.55 bits per heavy atom. The number of nitrogens with zero attached hydrogens (tertiary/aromatic N) is 1. The van der Waals surface area contributed by atoms with Crippen LogP contribution < -0.4 is 5.56 Å². The van der Waals surface area contributed by atoms with Crippen molar-refractivity contribution >= 4 is 17.9 Å². The van der Waals surface area contributed by atoms with Gasteiger partial charge in [0.25, 0.3) is 5.56 Å². The third-order valence-corrected chi connectivity index (χ3v) is 1.74. The van der Waals surface area contributed by atoms with Gasteiger partial charge < -0.3 is 4.57 Å². The number of aldehydes is 1. The molecule has 4 heteroatoms. The minimum absolute atomic E-state index is 0.208. The number of carbonyl (C=O) groups is 1. The quantitative estimate of drug-likeness (QED) is 0.588. The summed E-state index contributed by atoms with van der Waals surface area (Å²) >= 11 is 5.61. The monoisotopic (exact) mass is 171 g/mol. The van der Waals surface area contributed by atoms with Crippen molar-refractivity contribution in [1.29, 1.82) is 0 Å². The van der Waals surface area contributed by atoms with Crippen molar-refractivity contribution in [2.45, 2.75) is 0 Å². The summed E-state index contributed by atoms with van der Waals surface area (Å²) < 4.78 is 1.20. The van der Waals surface area contributed by atoms with E-state index in [1.165, 1.54) is 23.7 Å². The van der Waals surface area contributed by atoms with E-state index in [1.807, 2.05) is 0 Å². The molecule has 0 unspecified atom stereocenters. The van der Waals surface area contributed by atoms with E-state index in [9.17, 15) is 9.59 Å². The normalized spacial score (nSPS) is 9.64. The highest BCUT2D eigenvalue weighted by atomic mass is 35.5. The third-order valence-electron chi connectivity index (χ3n) is 1.42. The Morgan fingerprint density at radius 2 is 2.18 bits per heavy atom. The Kier molecular flexibility index (Phi) is 2.10. The van der Waals surface area contributed by atoms with Crippen LogP contribution in [-0.4, -0.2) is 10.9 Å². The molecule has 1 heterocycles. The number of rotatable bonds is 1. The molecule has 3 nitrogen and oxygen atoms in total. The van der Waals surface area contributed by atoms with Gasteiger partial charge in [0.05, 0.1) is 5.02 Å². The molecule has 58 valence electrons. The topological polar surface area (TPSA) is 39.1 Å². The SMILES string of the molecule is Cn1c(C=O)c(Cl)ccc1=O. The van der Waals surface area contributed by atoms with Gasteiger partial charge in [0.2, 0.25) is 0 Å². The van der Waals surface area contributed by atoms with Crippen LogP contribution in [0.3, 0.4) is 0 Å². The zero-order valence-electron chi connectivity index (χ0n) is 5.87. The molecular weight excluding hydrogens is 166 g/mol. The fourth-order valence-corrected chi connectivity index (χ4v) is 0.990. The minimum Gasteiger partial charge on any atom is -0.308 e. The summed E-state index contributed by atoms with van der Waals surface area (Å²) in [5.74, 6) is 0. The van der Waals surface area contributed by atoms with Gasteiger partial charge in [0.1, 0.15) is 5.69 Å². The fraction of sp³-hybridized carbons (Fsp3) is 0.143. The molecule has 0 saturated carbocycles. The van der Waals surface area contributed by atoms with Gasteiger partial charge in [-0.2, -0.15) is 0 Å². The molecule has 1 rings (SSSR count). The van der Waals surface area contributed by atoms with Gasteiger partial charge in [-0.05, 0) is 6.07 Å². The van der Waals surface area contributed by atoms with Crippen LogP contribution in [0.5, 0.6) is 0 Å². The second kappa shape index (κ2) is 2.88. The fourth-order valence-electron chi connectivity index (χ4n) is 0.756. The summed E-state index contributed by atoms with van der Waals surface area (Å²) in [5.41, 5.74) is -0.0318. The van der Waals surface area contributed by atoms with Gasteiger partial charge in [-0.3, -0.25) is 9.59 Å². The van der Waals surface area contributed by atoms with Crippen LogP contribution in [0, 0.1) is 0 Å². The molecule has 0 fully saturated rings. The van der Waals surface area contributed by atoms with E-state index in [2.05, 4.69) is 0 Å². The van der Waals surface area contributed by atoms with Crippen LogP contribution in [0.2, 0.25) is 5.02 Å². The van der Waals surface area contributed by atoms with Crippen molar-refractivity contribution < 1.29 is 4.79 Å². The lowest BCUT2D eigenvalue weighted by Gasteiger charge is -2.01. The van der Waals surface area contributed by atoms with Gasteiger partial charge in [-0.1, -0.05) is 11.6 Å². The highest BCUT2D eigenvalue weighted by molar-refractivity contribution is 6.32. The number of pyridine rings is 1. The van der Waals surface area contributed by atoms with Crippen molar-refractivity contribution in [3.63, 3.8) is 0 Å². The lowest BCUT2D eigenvalue weighted by atomic mass is 10.3. The summed E-state index contributed by atoms with van der Waals surface area (Å²) in [6.07, 6.45) is 0.559. The molecule has 0 atom stereocenters. The van der Waals surface area contributed by atoms with E-state index in [0.717, 1.165) is 0 Å². The summed E-state index contributed by atoms with van der Waals surface area (Å²) in [5, 5.41) is 0.294. The van der Waals surface area contributed by atoms with Crippen LogP contribution in [0.4, 0.5) is 0 Å². The Balaban J connectivity index is 3.53. The first-order valence-electron chi connectivity index (χ1n) is 2.97. The lowest BCUT2D eigenvalue weighted by molar-refractivity contribution is 0.111. The molecule has 0 aliphatic carbocycles. The highest BCUT2D eigenvalue weighted by Gasteiger charge is 2.02. The van der Waals surface area contributed by atoms with Crippen LogP contribution in [0.25, 0.3) is 0 Å². The molecule has 0 radical (unpaired) electrons. The molecule has 0 saturated heterocycles. The van der Waals surface area contributed by atoms with E-state index in [1.54, 1.807) is 0 Å². The maximum Gasteiger partial charge on any atom is 0.250 e. The molecule has 1 aromatic heterocycles. The predicted octanol–water partition coefficient (Wildman–Crippen LogP) is 0.851. The Hall–Kier alpha value is -1.09. The highest BCUT2D eigenvalue weighted by Crippen LogP contribution is 2.09. The molecule has 0 aliphatic rings. The first kappa shape index (κ1) is 8.01. The average Bonchev–Trinajstić information content (AvgIpc) is 1.99. The van der Waals surface area contributed by atoms with E-state index >= 15 is 0 Å². The van der Waals surface area contributed by atoms with Crippen LogP contribution in [0.15, 0.2) is 16.9 Å². The van der Waals surface area contributed by atoms with Gasteiger partial charge in [-0.25, -0.2) is 0 Å². The first-order chi connectivity index (χ1) is 5.16. The Morgan fingerprint density at radius 3 is 2.64 bits per heavy atom. The standard InChI is InChI=1S/C7H6ClNO2/c1-9-6(4-10)5(8)2-3-7(9)11/h2-4H,1H3. The van der Waals surface area contributed by atoms with Crippen molar-refractivity contribution in [3.05, 3.63) is 33.2 Å². The molecule has 0 spiro atoms. The molecule has 0 aliphatic heterocycles. The van der Waals surface area contributed by atoms with Crippen LogP contribution in [0.1, 0.15) is 10.5 Å². The minimum atomic E-state index is -0.239. The molecule has 1 aromatic rings. The summed E-state index contributed by atoms with van der Waals surface area (Å²) in [6, 6.07) is 2.73. The van der Waals surface area contributed by atoms with E-state index in [0.29, 0.717) is 11.3 Å². The van der Waals surface area contributed by atoms with Crippen molar-refractivity contribution in [1.82, 2.24) is 4.57 Å². The second-order valence-corrected chi connectivity index (χ2v) is 2.49. The zero-order chi connectivity index (χ0) is 8.43. The zero-order valence-corrected chi connectivity index (χ0v) is 6.63. The summed E-state index contributed by atoms with van der Waals surface area (Å²) in [4.78, 5) is 21.3. The number of hydrogen-bond donors (Lipinski definition) is 0. The molecule has 0 N–H and O–H groups in total. The predicted molar refractivity (Wildman–Crippen MR) is 42.1 cm³/mol. The average molecular weight is 172 g/mol. The van der Waals surface area contributed by atoms with Gasteiger partial charge in [-0.15, -0.1) is 0 Å². The molecular formula is C7H6ClNO2.